The molecule has 4 nitrogen and oxygen atoms in total. The summed E-state index contributed by atoms with van der Waals surface area (Å²) in [7, 11) is 0. The molecule has 0 aromatic carbocycles. The number of nitrogens with zero attached hydrogens (tertiary/aromatic N) is 3. The van der Waals surface area contributed by atoms with Crippen LogP contribution in [0.4, 0.5) is 0 Å². The molecule has 0 aliphatic rings. The lowest BCUT2D eigenvalue weighted by molar-refractivity contribution is 0.721. The van der Waals surface area contributed by atoms with E-state index < -0.39 is 0 Å². The second-order valence-electron chi connectivity index (χ2n) is 5.14. The lowest BCUT2D eigenvalue weighted by Gasteiger charge is -2.11. The first kappa shape index (κ1) is 14.7. The van der Waals surface area contributed by atoms with E-state index in [-0.39, 0.29) is 0 Å². The summed E-state index contributed by atoms with van der Waals surface area (Å²) in [6, 6.07) is 4.35. The van der Waals surface area contributed by atoms with Crippen molar-refractivity contribution in [3.8, 4) is 5.82 Å². The summed E-state index contributed by atoms with van der Waals surface area (Å²) >= 11 is 0. The molecular weight excluding hydrogens is 248 g/mol. The molecule has 4 heteroatoms. The Kier molecular flexibility index (Phi) is 4.90. The van der Waals surface area contributed by atoms with Crippen molar-refractivity contribution in [1.82, 2.24) is 19.9 Å². The predicted molar refractivity (Wildman–Crippen MR) is 82.2 cm³/mol. The maximum atomic E-state index is 4.77. The third kappa shape index (κ3) is 3.25. The van der Waals surface area contributed by atoms with E-state index in [2.05, 4.69) is 47.8 Å². The van der Waals surface area contributed by atoms with Crippen LogP contribution in [0.2, 0.25) is 0 Å². The number of hydrogen-bond acceptors (Lipinski definition) is 3. The molecule has 2 aromatic heterocycles. The molecule has 0 unspecified atom stereocenters. The Morgan fingerprint density at radius 1 is 1.20 bits per heavy atom. The zero-order valence-electron chi connectivity index (χ0n) is 12.9. The first-order valence-electron chi connectivity index (χ1n) is 7.37. The second kappa shape index (κ2) is 6.66. The van der Waals surface area contributed by atoms with Gasteiger partial charge in [0.15, 0.2) is 0 Å². The highest BCUT2D eigenvalue weighted by atomic mass is 15.1. The minimum absolute atomic E-state index is 0.884. The van der Waals surface area contributed by atoms with Gasteiger partial charge in [-0.25, -0.2) is 9.97 Å². The van der Waals surface area contributed by atoms with Crippen LogP contribution in [0.1, 0.15) is 42.9 Å². The van der Waals surface area contributed by atoms with Gasteiger partial charge in [-0.3, -0.25) is 4.57 Å². The molecular formula is C16H24N4. The summed E-state index contributed by atoms with van der Waals surface area (Å²) in [5.74, 6) is 0.974. The van der Waals surface area contributed by atoms with Gasteiger partial charge in [0.05, 0.1) is 5.69 Å². The van der Waals surface area contributed by atoms with Gasteiger partial charge in [0.25, 0.3) is 0 Å². The van der Waals surface area contributed by atoms with Crippen LogP contribution in [-0.4, -0.2) is 21.1 Å². The van der Waals surface area contributed by atoms with Crippen molar-refractivity contribution < 1.29 is 0 Å². The summed E-state index contributed by atoms with van der Waals surface area (Å²) in [4.78, 5) is 9.14. The molecule has 0 aliphatic carbocycles. The fourth-order valence-corrected chi connectivity index (χ4v) is 2.24. The Bertz CT molecular complexity index is 572. The van der Waals surface area contributed by atoms with Crippen LogP contribution < -0.4 is 5.32 Å². The summed E-state index contributed by atoms with van der Waals surface area (Å²) in [5, 5.41) is 3.38. The topological polar surface area (TPSA) is 42.7 Å². The number of nitrogens with one attached hydrogen (secondary N) is 1. The zero-order valence-corrected chi connectivity index (χ0v) is 12.9. The van der Waals surface area contributed by atoms with E-state index in [1.807, 2.05) is 13.3 Å². The fraction of sp³-hybridized carbons (Fsp3) is 0.500. The zero-order chi connectivity index (χ0) is 14.5. The smallest absolute Gasteiger partial charge is 0.138 e. The van der Waals surface area contributed by atoms with Crippen molar-refractivity contribution in [1.29, 1.82) is 0 Å². The molecule has 0 saturated carbocycles. The Labute approximate surface area is 121 Å². The van der Waals surface area contributed by atoms with Gasteiger partial charge in [0.2, 0.25) is 0 Å². The minimum atomic E-state index is 0.884. The average molecular weight is 272 g/mol. The van der Waals surface area contributed by atoms with E-state index in [0.717, 1.165) is 48.8 Å². The molecule has 2 aromatic rings. The van der Waals surface area contributed by atoms with E-state index in [0.29, 0.717) is 0 Å². The molecule has 0 spiro atoms. The van der Waals surface area contributed by atoms with Gasteiger partial charge in [0.1, 0.15) is 12.1 Å². The number of aryl methyl sites for hydroxylation is 2. The number of hydrogen-bond donors (Lipinski definition) is 1. The fourth-order valence-electron chi connectivity index (χ4n) is 2.24. The predicted octanol–water partition coefficient (Wildman–Crippen LogP) is 2.95. The van der Waals surface area contributed by atoms with Gasteiger partial charge in [-0.05, 0) is 44.5 Å². The highest BCUT2D eigenvalue weighted by molar-refractivity contribution is 5.34. The summed E-state index contributed by atoms with van der Waals surface area (Å²) in [6.45, 7) is 10.3. The number of rotatable bonds is 6. The molecule has 20 heavy (non-hydrogen) atoms. The molecule has 1 N–H and O–H groups in total. The lowest BCUT2D eigenvalue weighted by atomic mass is 10.1. The van der Waals surface area contributed by atoms with Crippen LogP contribution in [0.25, 0.3) is 5.82 Å². The number of aromatic nitrogens is 3. The van der Waals surface area contributed by atoms with Gasteiger partial charge in [0, 0.05) is 17.9 Å². The van der Waals surface area contributed by atoms with E-state index in [1.165, 1.54) is 5.56 Å². The van der Waals surface area contributed by atoms with Crippen LogP contribution in [0, 0.1) is 13.8 Å². The van der Waals surface area contributed by atoms with Crippen LogP contribution >= 0.6 is 0 Å². The van der Waals surface area contributed by atoms with Gasteiger partial charge in [-0.1, -0.05) is 20.3 Å². The van der Waals surface area contributed by atoms with E-state index in [1.54, 1.807) is 0 Å². The van der Waals surface area contributed by atoms with Crippen molar-refractivity contribution in [2.45, 2.75) is 47.1 Å². The van der Waals surface area contributed by atoms with Crippen molar-refractivity contribution in [3.63, 3.8) is 0 Å². The maximum Gasteiger partial charge on any atom is 0.138 e. The van der Waals surface area contributed by atoms with Gasteiger partial charge >= 0.3 is 0 Å². The van der Waals surface area contributed by atoms with Crippen LogP contribution in [0.5, 0.6) is 0 Å². The van der Waals surface area contributed by atoms with E-state index >= 15 is 0 Å². The third-order valence-electron chi connectivity index (χ3n) is 3.51. The monoisotopic (exact) mass is 272 g/mol. The second-order valence-corrected chi connectivity index (χ2v) is 5.14. The highest BCUT2D eigenvalue weighted by Crippen LogP contribution is 2.15. The normalized spacial score (nSPS) is 11.0. The van der Waals surface area contributed by atoms with E-state index in [9.17, 15) is 0 Å². The quantitative estimate of drug-likeness (QED) is 0.879. The van der Waals surface area contributed by atoms with Crippen molar-refractivity contribution in [3.05, 3.63) is 41.1 Å². The third-order valence-corrected chi connectivity index (χ3v) is 3.51. The molecule has 0 saturated heterocycles. The molecule has 0 radical (unpaired) electrons. The molecule has 108 valence electrons. The van der Waals surface area contributed by atoms with Gasteiger partial charge in [-0.2, -0.15) is 0 Å². The summed E-state index contributed by atoms with van der Waals surface area (Å²) < 4.78 is 2.07. The Morgan fingerprint density at radius 2 is 2.00 bits per heavy atom. The van der Waals surface area contributed by atoms with Crippen molar-refractivity contribution in [2.24, 2.45) is 0 Å². The number of pyridine rings is 1. The first-order chi connectivity index (χ1) is 9.65. The van der Waals surface area contributed by atoms with Crippen molar-refractivity contribution in [2.75, 3.05) is 6.54 Å². The molecule has 2 rings (SSSR count). The summed E-state index contributed by atoms with van der Waals surface area (Å²) in [6.07, 6.45) is 3.98. The van der Waals surface area contributed by atoms with Crippen molar-refractivity contribution >= 4 is 0 Å². The molecule has 0 aliphatic heterocycles. The SMILES string of the molecule is CCCc1cc(CNCC)cc(-n2cnc(C)c2C)n1. The summed E-state index contributed by atoms with van der Waals surface area (Å²) in [5.41, 5.74) is 4.65. The van der Waals surface area contributed by atoms with Gasteiger partial charge in [-0.15, -0.1) is 0 Å². The molecule has 0 amide bonds. The molecule has 0 atom stereocenters. The lowest BCUT2D eigenvalue weighted by Crippen LogP contribution is -2.13. The molecule has 2 heterocycles. The standard InChI is InChI=1S/C16H24N4/c1-5-7-15-8-14(10-17-6-2)9-16(19-15)20-11-18-12(3)13(20)4/h8-9,11,17H,5-7,10H2,1-4H3. The minimum Gasteiger partial charge on any atom is -0.313 e. The van der Waals surface area contributed by atoms with E-state index in [4.69, 9.17) is 4.98 Å². The highest BCUT2D eigenvalue weighted by Gasteiger charge is 2.08. The van der Waals surface area contributed by atoms with Crippen LogP contribution in [0.3, 0.4) is 0 Å². The van der Waals surface area contributed by atoms with Gasteiger partial charge < -0.3 is 5.32 Å². The Morgan fingerprint density at radius 3 is 2.60 bits per heavy atom. The van der Waals surface area contributed by atoms with Crippen LogP contribution in [0.15, 0.2) is 18.5 Å². The Hall–Kier alpha value is -1.68. The largest absolute Gasteiger partial charge is 0.313 e. The first-order valence-corrected chi connectivity index (χ1v) is 7.37. The molecule has 0 bridgehead atoms. The molecule has 0 fully saturated rings. The Balaban J connectivity index is 2.40. The maximum absolute atomic E-state index is 4.77. The average Bonchev–Trinajstić information content (AvgIpc) is 2.77. The van der Waals surface area contributed by atoms with Crippen LogP contribution in [-0.2, 0) is 13.0 Å². The number of imidazole rings is 1.